The zero-order valence-corrected chi connectivity index (χ0v) is 19.9. The lowest BCUT2D eigenvalue weighted by atomic mass is 9.52. The van der Waals surface area contributed by atoms with Crippen LogP contribution in [0.3, 0.4) is 0 Å². The lowest BCUT2D eigenvalue weighted by Crippen LogP contribution is -2.65. The third-order valence-corrected chi connectivity index (χ3v) is 10.3. The predicted molar refractivity (Wildman–Crippen MR) is 111 cm³/mol. The van der Waals surface area contributed by atoms with Crippen molar-refractivity contribution in [3.8, 4) is 0 Å². The molecular weight excluding hydrogens is 459 g/mol. The fourth-order valence-corrected chi connectivity index (χ4v) is 8.34. The van der Waals surface area contributed by atoms with Crippen LogP contribution >= 0.6 is 0 Å². The van der Waals surface area contributed by atoms with Gasteiger partial charge in [0.2, 0.25) is 0 Å². The Morgan fingerprint density at radius 2 is 1.62 bits per heavy atom. The van der Waals surface area contributed by atoms with Gasteiger partial charge in [-0.25, -0.2) is 0 Å². The highest BCUT2D eigenvalue weighted by Crippen LogP contribution is 2.75. The van der Waals surface area contributed by atoms with E-state index in [0.29, 0.717) is 45.3 Å². The summed E-state index contributed by atoms with van der Waals surface area (Å²) in [5.74, 6) is -6.44. The maximum Gasteiger partial charge on any atom is 0.456 e. The topological polar surface area (TPSA) is 51.2 Å². The van der Waals surface area contributed by atoms with Crippen LogP contribution in [0.2, 0.25) is 0 Å². The van der Waals surface area contributed by atoms with E-state index in [2.05, 4.69) is 13.8 Å². The van der Waals surface area contributed by atoms with E-state index in [9.17, 15) is 27.1 Å². The molecule has 1 spiro atoms. The van der Waals surface area contributed by atoms with Gasteiger partial charge in [0.15, 0.2) is 5.79 Å². The Morgan fingerprint density at radius 1 is 0.941 bits per heavy atom. The SMILES string of the molecule is CC1(C)COC2(CCC34OC3(CC[C@@H]3C4=CC[C@@]4(C)[C@H]3CC[C@@]4(O)C(F)(F)C(F)(F)F)C2)OC1. The first kappa shape index (κ1) is 23.6. The van der Waals surface area contributed by atoms with Gasteiger partial charge in [-0.1, -0.05) is 26.8 Å². The molecule has 192 valence electrons. The first-order valence-electron chi connectivity index (χ1n) is 12.4. The summed E-state index contributed by atoms with van der Waals surface area (Å²) < 4.78 is 88.2. The predicted octanol–water partition coefficient (Wildman–Crippen LogP) is 5.53. The first-order valence-corrected chi connectivity index (χ1v) is 12.4. The lowest BCUT2D eigenvalue weighted by Gasteiger charge is -2.54. The molecule has 3 saturated carbocycles. The van der Waals surface area contributed by atoms with Gasteiger partial charge in [0.05, 0.1) is 13.2 Å². The molecule has 6 atom stereocenters. The Labute approximate surface area is 196 Å². The van der Waals surface area contributed by atoms with Crippen molar-refractivity contribution in [3.63, 3.8) is 0 Å². The second-order valence-electron chi connectivity index (χ2n) is 12.8. The molecule has 2 heterocycles. The molecule has 9 heteroatoms. The van der Waals surface area contributed by atoms with E-state index in [-0.39, 0.29) is 24.2 Å². The molecular formula is C25H33F5O4. The molecule has 5 fully saturated rings. The Kier molecular flexibility index (Phi) is 4.43. The summed E-state index contributed by atoms with van der Waals surface area (Å²) in [5.41, 5.74) is -4.60. The number of ether oxygens (including phenoxy) is 3. The normalized spacial score (nSPS) is 48.9. The van der Waals surface area contributed by atoms with Crippen LogP contribution in [0.4, 0.5) is 22.0 Å². The summed E-state index contributed by atoms with van der Waals surface area (Å²) in [6, 6.07) is 0. The minimum absolute atomic E-state index is 0.0147. The third-order valence-electron chi connectivity index (χ3n) is 10.3. The summed E-state index contributed by atoms with van der Waals surface area (Å²) in [4.78, 5) is 0. The molecule has 0 radical (unpaired) electrons. The van der Waals surface area contributed by atoms with E-state index >= 15 is 0 Å². The van der Waals surface area contributed by atoms with Gasteiger partial charge in [-0.2, -0.15) is 22.0 Å². The molecule has 4 aliphatic carbocycles. The number of epoxide rings is 1. The van der Waals surface area contributed by atoms with E-state index in [0.717, 1.165) is 5.57 Å². The van der Waals surface area contributed by atoms with Crippen molar-refractivity contribution in [2.75, 3.05) is 13.2 Å². The van der Waals surface area contributed by atoms with Crippen molar-refractivity contribution in [1.29, 1.82) is 0 Å². The summed E-state index contributed by atoms with van der Waals surface area (Å²) >= 11 is 0. The zero-order valence-electron chi connectivity index (χ0n) is 19.9. The molecule has 6 aliphatic rings. The molecule has 0 aromatic carbocycles. The maximum absolute atomic E-state index is 14.6. The van der Waals surface area contributed by atoms with Gasteiger partial charge in [0, 0.05) is 23.7 Å². The van der Waals surface area contributed by atoms with Crippen molar-refractivity contribution in [1.82, 2.24) is 0 Å². The molecule has 0 amide bonds. The Balaban J connectivity index is 1.29. The van der Waals surface area contributed by atoms with Crippen LogP contribution in [0.5, 0.6) is 0 Å². The van der Waals surface area contributed by atoms with Crippen molar-refractivity contribution >= 4 is 0 Å². The Hall–Kier alpha value is -0.770. The number of fused-ring (bicyclic) bond motifs is 3. The van der Waals surface area contributed by atoms with Gasteiger partial charge in [0.1, 0.15) is 16.8 Å². The minimum Gasteiger partial charge on any atom is -0.383 e. The minimum atomic E-state index is -5.80. The molecule has 6 rings (SSSR count). The highest BCUT2D eigenvalue weighted by atomic mass is 19.4. The van der Waals surface area contributed by atoms with Crippen LogP contribution in [-0.2, 0) is 14.2 Å². The molecule has 2 aliphatic heterocycles. The number of hydrogen-bond donors (Lipinski definition) is 1. The maximum atomic E-state index is 14.6. The number of rotatable bonds is 1. The van der Waals surface area contributed by atoms with Crippen molar-refractivity contribution in [2.45, 2.75) is 107 Å². The number of allylic oxidation sites excluding steroid dienone is 1. The molecule has 0 bridgehead atoms. The fourth-order valence-electron chi connectivity index (χ4n) is 8.34. The van der Waals surface area contributed by atoms with Gasteiger partial charge in [-0.15, -0.1) is 0 Å². The highest BCUT2D eigenvalue weighted by molar-refractivity contribution is 5.44. The third kappa shape index (κ3) is 2.63. The van der Waals surface area contributed by atoms with E-state index in [4.69, 9.17) is 14.2 Å². The Morgan fingerprint density at radius 3 is 2.26 bits per heavy atom. The first-order chi connectivity index (χ1) is 15.6. The smallest absolute Gasteiger partial charge is 0.383 e. The molecule has 0 aromatic rings. The van der Waals surface area contributed by atoms with Crippen molar-refractivity contribution in [2.24, 2.45) is 22.7 Å². The van der Waals surface area contributed by atoms with Gasteiger partial charge in [0.25, 0.3) is 0 Å². The van der Waals surface area contributed by atoms with Crippen LogP contribution in [0.15, 0.2) is 11.6 Å². The van der Waals surface area contributed by atoms with Crippen LogP contribution in [0.1, 0.15) is 72.1 Å². The second-order valence-corrected chi connectivity index (χ2v) is 12.8. The number of alkyl halides is 5. The molecule has 2 unspecified atom stereocenters. The van der Waals surface area contributed by atoms with E-state index < -0.39 is 52.4 Å². The highest BCUT2D eigenvalue weighted by Gasteiger charge is 2.82. The average Bonchev–Trinajstić information content (AvgIpc) is 3.35. The van der Waals surface area contributed by atoms with Gasteiger partial charge in [-0.3, -0.25) is 0 Å². The molecule has 34 heavy (non-hydrogen) atoms. The van der Waals surface area contributed by atoms with Gasteiger partial charge < -0.3 is 19.3 Å². The number of aliphatic hydroxyl groups is 1. The second kappa shape index (κ2) is 6.37. The molecule has 1 N–H and O–H groups in total. The Bertz CT molecular complexity index is 936. The molecule has 2 saturated heterocycles. The quantitative estimate of drug-likeness (QED) is 0.297. The monoisotopic (exact) mass is 492 g/mol. The van der Waals surface area contributed by atoms with Crippen molar-refractivity contribution in [3.05, 3.63) is 11.6 Å². The standard InChI is InChI=1S/C25H33F5O4/c1-18(2)13-32-21(33-14-18)10-11-22-17-5-7-19(3)16(15(17)4-8-20(22,12-21)34-22)6-9-23(19,31)24(26,27)25(28,29)30/h5,15-16,31H,4,6-14H2,1-3H3/t15-,16-,19-,20?,22?,23-/m0/s1. The van der Waals surface area contributed by atoms with Gasteiger partial charge in [-0.05, 0) is 55.9 Å². The summed E-state index contributed by atoms with van der Waals surface area (Å²) in [5, 5.41) is 10.9. The lowest BCUT2D eigenvalue weighted by molar-refractivity contribution is -0.361. The van der Waals surface area contributed by atoms with Crippen LogP contribution in [0, 0.1) is 22.7 Å². The van der Waals surface area contributed by atoms with Crippen LogP contribution < -0.4 is 0 Å². The average molecular weight is 493 g/mol. The number of hydrogen-bond acceptors (Lipinski definition) is 4. The summed E-state index contributed by atoms with van der Waals surface area (Å²) in [6.45, 7) is 6.83. The summed E-state index contributed by atoms with van der Waals surface area (Å²) in [7, 11) is 0. The largest absolute Gasteiger partial charge is 0.456 e. The van der Waals surface area contributed by atoms with E-state index in [1.54, 1.807) is 0 Å². The van der Waals surface area contributed by atoms with Crippen molar-refractivity contribution < 1.29 is 41.3 Å². The van der Waals surface area contributed by atoms with E-state index in [1.807, 2.05) is 6.08 Å². The molecule has 0 aromatic heterocycles. The fraction of sp³-hybridized carbons (Fsp3) is 0.920. The van der Waals surface area contributed by atoms with Crippen LogP contribution in [0.25, 0.3) is 0 Å². The zero-order chi connectivity index (χ0) is 24.6. The van der Waals surface area contributed by atoms with Crippen LogP contribution in [-0.4, -0.2) is 53.0 Å². The van der Waals surface area contributed by atoms with E-state index in [1.165, 1.54) is 6.92 Å². The molecule has 4 nitrogen and oxygen atoms in total. The number of halogens is 5. The van der Waals surface area contributed by atoms with Gasteiger partial charge >= 0.3 is 12.1 Å². The summed E-state index contributed by atoms with van der Waals surface area (Å²) in [6.07, 6.45) is -1.11.